The molecule has 2 aromatic rings. The lowest BCUT2D eigenvalue weighted by Gasteiger charge is -2.38. The van der Waals surface area contributed by atoms with E-state index >= 15 is 0 Å². The predicted molar refractivity (Wildman–Crippen MR) is 117 cm³/mol. The lowest BCUT2D eigenvalue weighted by Crippen LogP contribution is -2.45. The summed E-state index contributed by atoms with van der Waals surface area (Å²) in [6, 6.07) is 3.93. The SMILES string of the molecule is Fc1cnc(N2CCC3(CC2)CC(OCc2ccncc2)CO3)nc1.O=C(O)C(F)(F)F.O=C(O)C(F)(F)F. The van der Waals surface area contributed by atoms with Crippen molar-refractivity contribution in [3.05, 3.63) is 48.3 Å². The number of carboxylic acids is 2. The van der Waals surface area contributed by atoms with E-state index in [2.05, 4.69) is 19.9 Å². The third kappa shape index (κ3) is 10.6. The van der Waals surface area contributed by atoms with E-state index in [0.717, 1.165) is 37.9 Å². The predicted octanol–water partition coefficient (Wildman–Crippen LogP) is 3.62. The third-order valence-corrected chi connectivity index (χ3v) is 5.46. The number of alkyl halides is 6. The molecule has 17 heteroatoms. The summed E-state index contributed by atoms with van der Waals surface area (Å²) in [7, 11) is 0. The van der Waals surface area contributed by atoms with E-state index in [4.69, 9.17) is 29.3 Å². The second-order valence-corrected chi connectivity index (χ2v) is 8.28. The molecule has 4 heterocycles. The topological polar surface area (TPSA) is 135 Å². The number of nitrogens with zero attached hydrogens (tertiary/aromatic N) is 4. The maximum Gasteiger partial charge on any atom is 0.490 e. The molecule has 10 nitrogen and oxygen atoms in total. The third-order valence-electron chi connectivity index (χ3n) is 5.46. The molecule has 1 atom stereocenters. The zero-order valence-corrected chi connectivity index (χ0v) is 20.0. The van der Waals surface area contributed by atoms with Crippen LogP contribution in [0.3, 0.4) is 0 Å². The molecule has 0 radical (unpaired) electrons. The molecule has 2 saturated heterocycles. The summed E-state index contributed by atoms with van der Waals surface area (Å²) in [6.07, 6.45) is -1.34. The molecule has 2 aromatic heterocycles. The van der Waals surface area contributed by atoms with Gasteiger partial charge in [-0.05, 0) is 30.5 Å². The standard InChI is InChI=1S/C18H21FN4O2.2C2HF3O2/c19-15-10-21-17(22-11-15)23-7-3-18(4-8-23)9-16(13-25-18)24-12-14-1-5-20-6-2-14;2*3-2(4,5)1(6)7/h1-2,5-6,10-11,16H,3-4,7-9,12-13H2;2*(H,6,7). The molecule has 0 bridgehead atoms. The molecule has 2 aliphatic rings. The number of ether oxygens (including phenoxy) is 2. The quantitative estimate of drug-likeness (QED) is 0.523. The molecule has 216 valence electrons. The van der Waals surface area contributed by atoms with Crippen molar-refractivity contribution in [1.82, 2.24) is 15.0 Å². The van der Waals surface area contributed by atoms with Gasteiger partial charge in [-0.15, -0.1) is 0 Å². The van der Waals surface area contributed by atoms with Gasteiger partial charge in [-0.3, -0.25) is 4.98 Å². The van der Waals surface area contributed by atoms with Crippen LogP contribution in [0.15, 0.2) is 36.9 Å². The zero-order chi connectivity index (χ0) is 29.3. The van der Waals surface area contributed by atoms with Gasteiger partial charge in [-0.1, -0.05) is 0 Å². The van der Waals surface area contributed by atoms with Crippen molar-refractivity contribution in [2.24, 2.45) is 0 Å². The van der Waals surface area contributed by atoms with Gasteiger partial charge in [0.25, 0.3) is 0 Å². The lowest BCUT2D eigenvalue weighted by atomic mass is 9.88. The van der Waals surface area contributed by atoms with E-state index in [9.17, 15) is 30.7 Å². The maximum absolute atomic E-state index is 13.0. The molecule has 0 saturated carbocycles. The maximum atomic E-state index is 13.0. The van der Waals surface area contributed by atoms with E-state index in [1.165, 1.54) is 12.4 Å². The Morgan fingerprint density at radius 3 is 1.95 bits per heavy atom. The van der Waals surface area contributed by atoms with Gasteiger partial charge >= 0.3 is 24.3 Å². The van der Waals surface area contributed by atoms with Crippen molar-refractivity contribution in [3.8, 4) is 0 Å². The molecule has 0 aliphatic carbocycles. The van der Waals surface area contributed by atoms with Gasteiger partial charge in [0.1, 0.15) is 0 Å². The first-order chi connectivity index (χ1) is 18.1. The fourth-order valence-electron chi connectivity index (χ4n) is 3.53. The summed E-state index contributed by atoms with van der Waals surface area (Å²) < 4.78 is 88.6. The number of aromatic nitrogens is 3. The molecule has 2 fully saturated rings. The van der Waals surface area contributed by atoms with Crippen LogP contribution in [0.5, 0.6) is 0 Å². The highest BCUT2D eigenvalue weighted by molar-refractivity contribution is 5.73. The van der Waals surface area contributed by atoms with Gasteiger partial charge < -0.3 is 24.6 Å². The molecular formula is C22H23F7N4O6. The average Bonchev–Trinajstić information content (AvgIpc) is 3.26. The smallest absolute Gasteiger partial charge is 0.475 e. The van der Waals surface area contributed by atoms with Crippen LogP contribution in [0, 0.1) is 5.82 Å². The van der Waals surface area contributed by atoms with Gasteiger partial charge in [0.15, 0.2) is 5.82 Å². The van der Waals surface area contributed by atoms with Crippen LogP contribution in [0.1, 0.15) is 24.8 Å². The number of anilines is 1. The number of rotatable bonds is 4. The van der Waals surface area contributed by atoms with Crippen molar-refractivity contribution in [1.29, 1.82) is 0 Å². The number of halogens is 7. The van der Waals surface area contributed by atoms with Gasteiger partial charge in [0, 0.05) is 31.9 Å². The minimum absolute atomic E-state index is 0.112. The van der Waals surface area contributed by atoms with Crippen LogP contribution in [0.4, 0.5) is 36.7 Å². The van der Waals surface area contributed by atoms with Gasteiger partial charge in [0.05, 0.1) is 37.3 Å². The van der Waals surface area contributed by atoms with E-state index in [1.807, 2.05) is 12.1 Å². The van der Waals surface area contributed by atoms with Crippen LogP contribution in [0.2, 0.25) is 0 Å². The fourth-order valence-corrected chi connectivity index (χ4v) is 3.53. The van der Waals surface area contributed by atoms with Gasteiger partial charge in [-0.2, -0.15) is 26.3 Å². The van der Waals surface area contributed by atoms with Gasteiger partial charge in [0.2, 0.25) is 5.95 Å². The van der Waals surface area contributed by atoms with E-state index < -0.39 is 30.1 Å². The van der Waals surface area contributed by atoms with Crippen LogP contribution < -0.4 is 4.90 Å². The first-order valence-electron chi connectivity index (χ1n) is 11.1. The molecule has 4 rings (SSSR count). The van der Waals surface area contributed by atoms with E-state index in [-0.39, 0.29) is 11.7 Å². The monoisotopic (exact) mass is 572 g/mol. The highest BCUT2D eigenvalue weighted by Gasteiger charge is 2.43. The van der Waals surface area contributed by atoms with Crippen molar-refractivity contribution in [2.75, 3.05) is 24.6 Å². The summed E-state index contributed by atoms with van der Waals surface area (Å²) in [6.45, 7) is 2.84. The fraction of sp³-hybridized carbons (Fsp3) is 0.500. The van der Waals surface area contributed by atoms with Crippen LogP contribution >= 0.6 is 0 Å². The Morgan fingerprint density at radius 2 is 1.49 bits per heavy atom. The zero-order valence-electron chi connectivity index (χ0n) is 20.0. The highest BCUT2D eigenvalue weighted by atomic mass is 19.4. The Hall–Kier alpha value is -3.60. The molecule has 39 heavy (non-hydrogen) atoms. The van der Waals surface area contributed by atoms with Gasteiger partial charge in [-0.25, -0.2) is 23.9 Å². The number of hydrogen-bond acceptors (Lipinski definition) is 8. The summed E-state index contributed by atoms with van der Waals surface area (Å²) >= 11 is 0. The minimum Gasteiger partial charge on any atom is -0.475 e. The largest absolute Gasteiger partial charge is 0.490 e. The molecule has 0 aromatic carbocycles. The lowest BCUT2D eigenvalue weighted by molar-refractivity contribution is -0.193. The van der Waals surface area contributed by atoms with E-state index in [1.54, 1.807) is 12.4 Å². The first-order valence-corrected chi connectivity index (χ1v) is 11.1. The van der Waals surface area contributed by atoms with Crippen LogP contribution in [-0.4, -0.2) is 80.9 Å². The molecule has 2 N–H and O–H groups in total. The van der Waals surface area contributed by atoms with Crippen molar-refractivity contribution < 1.29 is 60.0 Å². The molecule has 1 unspecified atom stereocenters. The van der Waals surface area contributed by atoms with Crippen molar-refractivity contribution in [2.45, 2.75) is 49.9 Å². The van der Waals surface area contributed by atoms with Crippen LogP contribution in [0.25, 0.3) is 0 Å². The number of hydrogen-bond donors (Lipinski definition) is 2. The summed E-state index contributed by atoms with van der Waals surface area (Å²) in [5, 5.41) is 14.2. The Kier molecular flexibility index (Phi) is 10.9. The summed E-state index contributed by atoms with van der Waals surface area (Å²) in [5.74, 6) is -5.34. The first kappa shape index (κ1) is 31.6. The van der Waals surface area contributed by atoms with Crippen molar-refractivity contribution >= 4 is 17.9 Å². The Balaban J connectivity index is 0.000000317. The van der Waals surface area contributed by atoms with Crippen molar-refractivity contribution in [3.63, 3.8) is 0 Å². The Labute approximate surface area is 216 Å². The molecule has 1 spiro atoms. The molecular weight excluding hydrogens is 549 g/mol. The average molecular weight is 572 g/mol. The Bertz CT molecular complexity index is 1040. The second-order valence-electron chi connectivity index (χ2n) is 8.28. The summed E-state index contributed by atoms with van der Waals surface area (Å²) in [4.78, 5) is 32.0. The number of pyridine rings is 1. The number of aliphatic carboxylic acids is 2. The highest BCUT2D eigenvalue weighted by Crippen LogP contribution is 2.37. The number of piperidine rings is 1. The van der Waals surface area contributed by atoms with Crippen LogP contribution in [-0.2, 0) is 25.7 Å². The Morgan fingerprint density at radius 1 is 1.00 bits per heavy atom. The van der Waals surface area contributed by atoms with E-state index in [0.29, 0.717) is 19.2 Å². The number of carboxylic acid groups (broad SMARTS) is 2. The number of carbonyl (C=O) groups is 2. The summed E-state index contributed by atoms with van der Waals surface area (Å²) in [5.41, 5.74) is 1.01. The second kappa shape index (κ2) is 13.5. The normalized spacial score (nSPS) is 18.4. The minimum atomic E-state index is -5.08. The molecule has 2 aliphatic heterocycles. The molecule has 0 amide bonds.